The summed E-state index contributed by atoms with van der Waals surface area (Å²) in [5, 5.41) is 14.4. The molecule has 6 heteroatoms. The average Bonchev–Trinajstić information content (AvgIpc) is 2.40. The minimum Gasteiger partial charge on any atom is -0.496 e. The van der Waals surface area contributed by atoms with E-state index in [4.69, 9.17) is 4.74 Å². The fourth-order valence-corrected chi connectivity index (χ4v) is 2.34. The zero-order valence-corrected chi connectivity index (χ0v) is 11.4. The molecule has 19 heavy (non-hydrogen) atoms. The summed E-state index contributed by atoms with van der Waals surface area (Å²) in [6.45, 7) is 5.90. The maximum atomic E-state index is 11.0. The van der Waals surface area contributed by atoms with Crippen molar-refractivity contribution < 1.29 is 9.66 Å². The van der Waals surface area contributed by atoms with Crippen molar-refractivity contribution in [3.8, 4) is 5.75 Å². The normalized spacial score (nSPS) is 23.2. The van der Waals surface area contributed by atoms with Gasteiger partial charge in [0.05, 0.1) is 18.1 Å². The van der Waals surface area contributed by atoms with Crippen LogP contribution in [0.1, 0.15) is 13.8 Å². The Hall–Kier alpha value is -1.82. The molecule has 1 aliphatic rings. The average molecular weight is 265 g/mol. The molecule has 1 aromatic carbocycles. The van der Waals surface area contributed by atoms with Gasteiger partial charge in [-0.2, -0.15) is 0 Å². The summed E-state index contributed by atoms with van der Waals surface area (Å²) in [5.41, 5.74) is 0.902. The van der Waals surface area contributed by atoms with Crippen molar-refractivity contribution >= 4 is 11.4 Å². The highest BCUT2D eigenvalue weighted by molar-refractivity contribution is 5.59. The topological polar surface area (TPSA) is 67.6 Å². The molecule has 2 atom stereocenters. The lowest BCUT2D eigenvalue weighted by molar-refractivity contribution is -0.384. The van der Waals surface area contributed by atoms with E-state index in [1.807, 2.05) is 6.07 Å². The fraction of sp³-hybridized carbons (Fsp3) is 0.538. The number of methoxy groups -OCH3 is 1. The Balaban J connectivity index is 2.37. The first-order chi connectivity index (χ1) is 9.01. The first kappa shape index (κ1) is 13.6. The van der Waals surface area contributed by atoms with Crippen LogP contribution in [0.15, 0.2) is 18.2 Å². The van der Waals surface area contributed by atoms with Crippen LogP contribution in [0, 0.1) is 10.1 Å². The lowest BCUT2D eigenvalue weighted by Crippen LogP contribution is -2.54. The third-order valence-electron chi connectivity index (χ3n) is 3.42. The van der Waals surface area contributed by atoms with Crippen LogP contribution >= 0.6 is 0 Å². The van der Waals surface area contributed by atoms with E-state index < -0.39 is 0 Å². The van der Waals surface area contributed by atoms with Gasteiger partial charge < -0.3 is 15.0 Å². The largest absolute Gasteiger partial charge is 0.496 e. The van der Waals surface area contributed by atoms with Crippen LogP contribution in [0.3, 0.4) is 0 Å². The van der Waals surface area contributed by atoms with Gasteiger partial charge in [-0.05, 0) is 13.8 Å². The Labute approximate surface area is 112 Å². The highest BCUT2D eigenvalue weighted by Gasteiger charge is 2.24. The highest BCUT2D eigenvalue weighted by Crippen LogP contribution is 2.30. The molecular weight excluding hydrogens is 246 g/mol. The SMILES string of the molecule is COc1cc(N2CC(C)NCC2C)cc([N+](=O)[O-])c1. The lowest BCUT2D eigenvalue weighted by Gasteiger charge is -2.39. The highest BCUT2D eigenvalue weighted by atomic mass is 16.6. The van der Waals surface area contributed by atoms with E-state index in [0.29, 0.717) is 17.8 Å². The van der Waals surface area contributed by atoms with Crippen LogP contribution in [0.2, 0.25) is 0 Å². The van der Waals surface area contributed by atoms with Gasteiger partial charge in [0.25, 0.3) is 5.69 Å². The Morgan fingerprint density at radius 3 is 2.79 bits per heavy atom. The van der Waals surface area contributed by atoms with Crippen LogP contribution in [0.25, 0.3) is 0 Å². The zero-order valence-electron chi connectivity index (χ0n) is 11.4. The number of nitrogens with zero attached hydrogens (tertiary/aromatic N) is 2. The van der Waals surface area contributed by atoms with Crippen molar-refractivity contribution in [3.63, 3.8) is 0 Å². The summed E-state index contributed by atoms with van der Waals surface area (Å²) in [7, 11) is 1.52. The lowest BCUT2D eigenvalue weighted by atomic mass is 10.1. The van der Waals surface area contributed by atoms with Crippen LogP contribution in [0.4, 0.5) is 11.4 Å². The summed E-state index contributed by atoms with van der Waals surface area (Å²) in [6.07, 6.45) is 0. The van der Waals surface area contributed by atoms with Crippen molar-refractivity contribution in [3.05, 3.63) is 28.3 Å². The van der Waals surface area contributed by atoms with E-state index in [1.54, 1.807) is 6.07 Å². The van der Waals surface area contributed by atoms with Crippen LogP contribution in [0.5, 0.6) is 5.75 Å². The number of hydrogen-bond acceptors (Lipinski definition) is 5. The molecule has 1 aromatic rings. The zero-order chi connectivity index (χ0) is 14.0. The van der Waals surface area contributed by atoms with Gasteiger partial charge in [0.15, 0.2) is 0 Å². The van der Waals surface area contributed by atoms with E-state index >= 15 is 0 Å². The van der Waals surface area contributed by atoms with Gasteiger partial charge in [-0.3, -0.25) is 10.1 Å². The van der Waals surface area contributed by atoms with E-state index in [-0.39, 0.29) is 10.6 Å². The minimum atomic E-state index is -0.387. The van der Waals surface area contributed by atoms with E-state index in [2.05, 4.69) is 24.1 Å². The summed E-state index contributed by atoms with van der Waals surface area (Å²) in [5.74, 6) is 0.516. The third kappa shape index (κ3) is 2.96. The number of anilines is 1. The Morgan fingerprint density at radius 2 is 2.16 bits per heavy atom. The van der Waals surface area contributed by atoms with Crippen LogP contribution in [-0.4, -0.2) is 37.2 Å². The Morgan fingerprint density at radius 1 is 1.42 bits per heavy atom. The van der Waals surface area contributed by atoms with Crippen molar-refractivity contribution in [1.82, 2.24) is 5.32 Å². The molecule has 0 bridgehead atoms. The second-order valence-electron chi connectivity index (χ2n) is 4.96. The number of benzene rings is 1. The van der Waals surface area contributed by atoms with Crippen molar-refractivity contribution in [1.29, 1.82) is 0 Å². The second kappa shape index (κ2) is 5.44. The van der Waals surface area contributed by atoms with Crippen LogP contribution in [-0.2, 0) is 0 Å². The van der Waals surface area contributed by atoms with Gasteiger partial charge in [0.2, 0.25) is 0 Å². The molecule has 1 heterocycles. The number of rotatable bonds is 3. The van der Waals surface area contributed by atoms with Gasteiger partial charge >= 0.3 is 0 Å². The quantitative estimate of drug-likeness (QED) is 0.666. The first-order valence-electron chi connectivity index (χ1n) is 6.34. The van der Waals surface area contributed by atoms with E-state index in [9.17, 15) is 10.1 Å². The van der Waals surface area contributed by atoms with Gasteiger partial charge in [-0.25, -0.2) is 0 Å². The van der Waals surface area contributed by atoms with Crippen molar-refractivity contribution in [2.75, 3.05) is 25.1 Å². The summed E-state index contributed by atoms with van der Waals surface area (Å²) in [6, 6.07) is 5.56. The van der Waals surface area contributed by atoms with Gasteiger partial charge in [-0.1, -0.05) is 0 Å². The summed E-state index contributed by atoms with van der Waals surface area (Å²) >= 11 is 0. The predicted molar refractivity (Wildman–Crippen MR) is 73.9 cm³/mol. The molecule has 1 saturated heterocycles. The van der Waals surface area contributed by atoms with Gasteiger partial charge in [-0.15, -0.1) is 0 Å². The molecule has 0 spiro atoms. The standard InChI is InChI=1S/C13H19N3O3/c1-9-8-15(10(2)7-14-9)11-4-12(16(17)18)6-13(5-11)19-3/h4-6,9-10,14H,7-8H2,1-3H3. The molecule has 0 saturated carbocycles. The molecule has 6 nitrogen and oxygen atoms in total. The smallest absolute Gasteiger partial charge is 0.275 e. The number of piperazine rings is 1. The molecule has 2 unspecified atom stereocenters. The molecule has 0 radical (unpaired) electrons. The van der Waals surface area contributed by atoms with Crippen molar-refractivity contribution in [2.45, 2.75) is 25.9 Å². The molecule has 0 aliphatic carbocycles. The fourth-order valence-electron chi connectivity index (χ4n) is 2.34. The summed E-state index contributed by atoms with van der Waals surface area (Å²) < 4.78 is 5.15. The molecule has 1 aliphatic heterocycles. The number of nitrogens with one attached hydrogen (secondary N) is 1. The third-order valence-corrected chi connectivity index (χ3v) is 3.42. The molecule has 0 amide bonds. The van der Waals surface area contributed by atoms with Crippen LogP contribution < -0.4 is 15.0 Å². The monoisotopic (exact) mass is 265 g/mol. The number of ether oxygens (including phenoxy) is 1. The van der Waals surface area contributed by atoms with Crippen molar-refractivity contribution in [2.24, 2.45) is 0 Å². The predicted octanol–water partition coefficient (Wildman–Crippen LogP) is 1.79. The minimum absolute atomic E-state index is 0.0627. The molecule has 1 fully saturated rings. The first-order valence-corrected chi connectivity index (χ1v) is 6.34. The Kier molecular flexibility index (Phi) is 3.90. The number of nitro benzene ring substituents is 1. The number of nitro groups is 1. The maximum absolute atomic E-state index is 11.0. The number of non-ortho nitro benzene ring substituents is 1. The summed E-state index contributed by atoms with van der Waals surface area (Å²) in [4.78, 5) is 12.8. The second-order valence-corrected chi connectivity index (χ2v) is 4.96. The molecule has 2 rings (SSSR count). The van der Waals surface area contributed by atoms with Gasteiger partial charge in [0, 0.05) is 43.0 Å². The van der Waals surface area contributed by atoms with E-state index in [1.165, 1.54) is 13.2 Å². The molecular formula is C13H19N3O3. The molecule has 0 aromatic heterocycles. The molecule has 1 N–H and O–H groups in total. The molecule has 104 valence electrons. The number of hydrogen-bond donors (Lipinski definition) is 1. The maximum Gasteiger partial charge on any atom is 0.275 e. The van der Waals surface area contributed by atoms with Gasteiger partial charge in [0.1, 0.15) is 5.75 Å². The Bertz CT molecular complexity index is 478. The van der Waals surface area contributed by atoms with E-state index in [0.717, 1.165) is 18.8 Å².